The second kappa shape index (κ2) is 22.7. The van der Waals surface area contributed by atoms with Crippen LogP contribution in [0.1, 0.15) is 91.9 Å². The van der Waals surface area contributed by atoms with Gasteiger partial charge in [-0.05, 0) is 114 Å². The molecule has 0 spiro atoms. The lowest BCUT2D eigenvalue weighted by Crippen LogP contribution is -2.27. The second-order valence-electron chi connectivity index (χ2n) is 13.4. The van der Waals surface area contributed by atoms with Crippen molar-refractivity contribution in [1.29, 1.82) is 0 Å². The van der Waals surface area contributed by atoms with Gasteiger partial charge in [-0.25, -0.2) is 0 Å². The fourth-order valence-corrected chi connectivity index (χ4v) is 9.42. The maximum Gasteiger partial charge on any atom is 0.159 e. The van der Waals surface area contributed by atoms with Gasteiger partial charge in [-0.2, -0.15) is 0 Å². The van der Waals surface area contributed by atoms with Crippen LogP contribution < -0.4 is 15.9 Å². The Morgan fingerprint density at radius 1 is 0.660 bits per heavy atom. The molecule has 0 saturated heterocycles. The Morgan fingerprint density at radius 2 is 1.12 bits per heavy atom. The summed E-state index contributed by atoms with van der Waals surface area (Å²) >= 11 is 0. The topological polar surface area (TPSA) is 26.3 Å². The van der Waals surface area contributed by atoms with Gasteiger partial charge in [0.2, 0.25) is 0 Å². The average molecular weight is 687 g/mol. The van der Waals surface area contributed by atoms with Crippen LogP contribution in [0, 0.1) is 0 Å². The monoisotopic (exact) mass is 686 g/mol. The largest absolute Gasteiger partial charge is 0.348 e. The molecule has 2 nitrogen and oxygen atoms in total. The van der Waals surface area contributed by atoms with Crippen LogP contribution >= 0.6 is 6.89 Å². The Bertz CT molecular complexity index is 1570. The average Bonchev–Trinajstić information content (AvgIpc) is 3.44. The van der Waals surface area contributed by atoms with E-state index in [4.69, 9.17) is 4.74 Å². The molecule has 0 unspecified atom stereocenters. The van der Waals surface area contributed by atoms with E-state index in [1.54, 1.807) is 0 Å². The molecule has 3 heteroatoms. The number of allylic oxidation sites excluding steroid dienone is 9. The molecular weight excluding hydrogens is 627 g/mol. The first-order valence-corrected chi connectivity index (χ1v) is 20.1. The molecule has 0 heterocycles. The normalized spacial score (nSPS) is 13.5. The number of carbonyl (C=O) groups is 1. The lowest BCUT2D eigenvalue weighted by Gasteiger charge is -2.28. The van der Waals surface area contributed by atoms with Crippen molar-refractivity contribution in [2.75, 3.05) is 6.61 Å². The Labute approximate surface area is 304 Å². The summed E-state index contributed by atoms with van der Waals surface area (Å²) in [4.78, 5) is 11.6. The van der Waals surface area contributed by atoms with E-state index in [1.807, 2.05) is 0 Å². The SMILES string of the molecule is C=C(C)CC/C=C(\C)COC=P(c1ccccc1)(c1ccccc1)c1ccccc1.C=C(C)CC/C=C/CC/C=C/CCC1=C(C)CCC1=O. The number of carbonyl (C=O) groups excluding carboxylic acids is 1. The molecule has 0 saturated carbocycles. The number of rotatable bonds is 18. The lowest BCUT2D eigenvalue weighted by atomic mass is 10.1. The molecule has 0 amide bonds. The number of hydrogen-bond donors (Lipinski definition) is 0. The zero-order valence-corrected chi connectivity index (χ0v) is 32.0. The minimum atomic E-state index is -2.04. The fraction of sp³-hybridized carbons (Fsp3) is 0.319. The van der Waals surface area contributed by atoms with Crippen LogP contribution in [0.25, 0.3) is 0 Å². The molecule has 0 aromatic heterocycles. The zero-order valence-electron chi connectivity index (χ0n) is 31.1. The summed E-state index contributed by atoms with van der Waals surface area (Å²) in [6, 6.07) is 32.3. The van der Waals surface area contributed by atoms with Gasteiger partial charge in [0.1, 0.15) is 0 Å². The van der Waals surface area contributed by atoms with E-state index in [1.165, 1.54) is 38.2 Å². The first-order valence-electron chi connectivity index (χ1n) is 18.2. The first kappa shape index (κ1) is 40.5. The van der Waals surface area contributed by atoms with Crippen molar-refractivity contribution >= 4 is 34.6 Å². The van der Waals surface area contributed by atoms with E-state index >= 15 is 0 Å². The highest BCUT2D eigenvalue weighted by Gasteiger charge is 2.25. The Balaban J connectivity index is 0.000000295. The summed E-state index contributed by atoms with van der Waals surface area (Å²) in [6.45, 7) is 14.8. The molecular formula is C47H59O2P. The van der Waals surface area contributed by atoms with Crippen molar-refractivity contribution in [3.63, 3.8) is 0 Å². The lowest BCUT2D eigenvalue weighted by molar-refractivity contribution is -0.115. The van der Waals surface area contributed by atoms with E-state index in [2.05, 4.69) is 168 Å². The highest BCUT2D eigenvalue weighted by atomic mass is 31.2. The van der Waals surface area contributed by atoms with Crippen LogP contribution in [0.3, 0.4) is 0 Å². The number of ether oxygens (including phenoxy) is 1. The Kier molecular flexibility index (Phi) is 18.4. The molecule has 3 aromatic carbocycles. The van der Waals surface area contributed by atoms with Gasteiger partial charge in [0.15, 0.2) is 5.78 Å². The number of Topliss-reactive ketones (excluding diaryl/α,β-unsaturated/α-hetero) is 1. The van der Waals surface area contributed by atoms with Gasteiger partial charge in [0.25, 0.3) is 0 Å². The fourth-order valence-electron chi connectivity index (χ4n) is 5.94. The number of ketones is 1. The van der Waals surface area contributed by atoms with Gasteiger partial charge in [0.05, 0.1) is 6.61 Å². The van der Waals surface area contributed by atoms with Crippen molar-refractivity contribution in [2.24, 2.45) is 0 Å². The van der Waals surface area contributed by atoms with Crippen LogP contribution in [-0.2, 0) is 9.53 Å². The first-order chi connectivity index (χ1) is 24.2. The highest BCUT2D eigenvalue weighted by Crippen LogP contribution is 2.43. The van der Waals surface area contributed by atoms with Crippen molar-refractivity contribution in [3.05, 3.63) is 162 Å². The van der Waals surface area contributed by atoms with Crippen LogP contribution in [-0.4, -0.2) is 18.4 Å². The van der Waals surface area contributed by atoms with E-state index in [0.717, 1.165) is 69.8 Å². The Morgan fingerprint density at radius 3 is 1.58 bits per heavy atom. The van der Waals surface area contributed by atoms with Gasteiger partial charge in [-0.3, -0.25) is 4.79 Å². The minimum Gasteiger partial charge on any atom is -0.348 e. The maximum absolute atomic E-state index is 11.6. The van der Waals surface area contributed by atoms with Crippen LogP contribution in [0.4, 0.5) is 0 Å². The number of hydrogen-bond acceptors (Lipinski definition) is 2. The second-order valence-corrected chi connectivity index (χ2v) is 16.6. The molecule has 1 aliphatic rings. The highest BCUT2D eigenvalue weighted by molar-refractivity contribution is 7.94. The quantitative estimate of drug-likeness (QED) is 0.0756. The van der Waals surface area contributed by atoms with E-state index in [9.17, 15) is 4.79 Å². The number of benzene rings is 3. The summed E-state index contributed by atoms with van der Waals surface area (Å²) in [5, 5.41) is 3.89. The molecule has 50 heavy (non-hydrogen) atoms. The van der Waals surface area contributed by atoms with Crippen molar-refractivity contribution in [3.8, 4) is 0 Å². The predicted octanol–water partition coefficient (Wildman–Crippen LogP) is 11.8. The summed E-state index contributed by atoms with van der Waals surface area (Å²) < 4.78 is 6.32. The molecule has 0 bridgehead atoms. The molecule has 3 aromatic rings. The zero-order chi connectivity index (χ0) is 36.0. The smallest absolute Gasteiger partial charge is 0.159 e. The van der Waals surface area contributed by atoms with Crippen molar-refractivity contribution in [2.45, 2.75) is 91.9 Å². The standard InChI is InChI=1S/C28H31OP.C19H28O/c1-24(2)14-13-15-25(3)22-29-23-30(26-16-7-4-8-17-26,27-18-9-5-10-19-27)28-20-11-6-12-21-28;1-16(2)12-10-8-6-4-5-7-9-11-13-18-17(3)14-15-19(18)20/h4-12,15-21,23H,1,13-14,22H2,2-3H3;6-9H,1,4-5,10-15H2,2-3H3/b25-15+;8-6+,9-7+. The molecule has 0 fully saturated rings. The van der Waals surface area contributed by atoms with Gasteiger partial charge in [-0.15, -0.1) is 13.2 Å². The van der Waals surface area contributed by atoms with Gasteiger partial charge in [-0.1, -0.05) is 144 Å². The number of unbranched alkanes of at least 4 members (excludes halogenated alkanes) is 1. The summed E-state index contributed by atoms with van der Waals surface area (Å²) in [5.74, 6) is 2.50. The van der Waals surface area contributed by atoms with Gasteiger partial charge >= 0.3 is 0 Å². The molecule has 0 N–H and O–H groups in total. The third-order valence-electron chi connectivity index (χ3n) is 8.81. The molecule has 4 rings (SSSR count). The van der Waals surface area contributed by atoms with Crippen molar-refractivity contribution in [1.82, 2.24) is 0 Å². The third-order valence-corrected chi connectivity index (χ3v) is 12.6. The van der Waals surface area contributed by atoms with Gasteiger partial charge < -0.3 is 4.74 Å². The summed E-state index contributed by atoms with van der Waals surface area (Å²) in [6.07, 6.45) is 21.3. The predicted molar refractivity (Wildman–Crippen MR) is 223 cm³/mol. The molecule has 0 atom stereocenters. The van der Waals surface area contributed by atoms with Crippen LogP contribution in [0.5, 0.6) is 0 Å². The maximum atomic E-state index is 11.6. The van der Waals surface area contributed by atoms with E-state index < -0.39 is 6.89 Å². The minimum absolute atomic E-state index is 0.372. The summed E-state index contributed by atoms with van der Waals surface area (Å²) in [5.41, 5.74) is 6.12. The van der Waals surface area contributed by atoms with Crippen molar-refractivity contribution < 1.29 is 9.53 Å². The summed E-state index contributed by atoms with van der Waals surface area (Å²) in [7, 11) is 0. The van der Waals surface area contributed by atoms with E-state index in [0.29, 0.717) is 12.4 Å². The van der Waals surface area contributed by atoms with Crippen LogP contribution in [0.2, 0.25) is 0 Å². The van der Waals surface area contributed by atoms with E-state index in [-0.39, 0.29) is 0 Å². The Hall–Kier alpha value is -3.97. The van der Waals surface area contributed by atoms with Crippen LogP contribution in [0.15, 0.2) is 162 Å². The molecule has 264 valence electrons. The van der Waals surface area contributed by atoms with Gasteiger partial charge in [0, 0.05) is 12.4 Å². The molecule has 0 aliphatic heterocycles. The molecule has 1 aliphatic carbocycles. The molecule has 0 radical (unpaired) electrons. The third kappa shape index (κ3) is 13.7.